The number of anilines is 1. The molecule has 1 aromatic carbocycles. The van der Waals surface area contributed by atoms with Gasteiger partial charge in [-0.3, -0.25) is 9.48 Å². The van der Waals surface area contributed by atoms with Crippen LogP contribution in [0.1, 0.15) is 33.5 Å². The van der Waals surface area contributed by atoms with E-state index in [0.717, 1.165) is 0 Å². The van der Waals surface area contributed by atoms with E-state index in [-0.39, 0.29) is 24.8 Å². The smallest absolute Gasteiger partial charge is 0.360 e. The Kier molecular flexibility index (Phi) is 5.33. The number of hydrogen-bond acceptors (Lipinski definition) is 6. The minimum atomic E-state index is -0.543. The van der Waals surface area contributed by atoms with Crippen LogP contribution in [0.4, 0.5) is 5.69 Å². The maximum atomic E-state index is 12.2. The fraction of sp³-hybridized carbons (Fsp3) is 0.176. The Morgan fingerprint density at radius 2 is 2.08 bits per heavy atom. The highest BCUT2D eigenvalue weighted by Gasteiger charge is 2.14. The van der Waals surface area contributed by atoms with Crippen LogP contribution in [-0.2, 0) is 11.3 Å². The summed E-state index contributed by atoms with van der Waals surface area (Å²) in [6.07, 6.45) is 3.15. The molecule has 2 heterocycles. The number of amides is 1. The second kappa shape index (κ2) is 7.83. The van der Waals surface area contributed by atoms with E-state index in [1.54, 1.807) is 42.1 Å². The van der Waals surface area contributed by atoms with Gasteiger partial charge in [-0.15, -0.1) is 0 Å². The minimum absolute atomic E-state index is 0.102. The third kappa shape index (κ3) is 4.28. The predicted octanol–water partition coefficient (Wildman–Crippen LogP) is 3.00. The molecule has 9 heteroatoms. The van der Waals surface area contributed by atoms with Crippen LogP contribution >= 0.6 is 11.6 Å². The quantitative estimate of drug-likeness (QED) is 0.666. The molecule has 26 heavy (non-hydrogen) atoms. The molecule has 3 aromatic rings. The molecule has 8 nitrogen and oxygen atoms in total. The molecule has 0 radical (unpaired) electrons. The molecule has 0 fully saturated rings. The van der Waals surface area contributed by atoms with Crippen molar-refractivity contribution in [3.63, 3.8) is 0 Å². The van der Waals surface area contributed by atoms with Crippen LogP contribution in [0.15, 0.2) is 47.2 Å². The Morgan fingerprint density at radius 3 is 2.81 bits per heavy atom. The lowest BCUT2D eigenvalue weighted by Gasteiger charge is -2.02. The fourth-order valence-corrected chi connectivity index (χ4v) is 2.29. The van der Waals surface area contributed by atoms with Gasteiger partial charge in [-0.05, 0) is 31.2 Å². The largest absolute Gasteiger partial charge is 0.461 e. The van der Waals surface area contributed by atoms with Crippen LogP contribution in [0.2, 0.25) is 5.02 Å². The molecule has 2 aromatic heterocycles. The van der Waals surface area contributed by atoms with Crippen molar-refractivity contribution in [2.45, 2.75) is 13.5 Å². The Bertz CT molecular complexity index is 917. The predicted molar refractivity (Wildman–Crippen MR) is 93.2 cm³/mol. The van der Waals surface area contributed by atoms with Gasteiger partial charge >= 0.3 is 5.97 Å². The Hall–Kier alpha value is -3.13. The number of halogens is 1. The van der Waals surface area contributed by atoms with Gasteiger partial charge in [0, 0.05) is 22.8 Å². The molecule has 0 saturated carbocycles. The number of hydrogen-bond donors (Lipinski definition) is 1. The molecule has 0 unspecified atom stereocenters. The zero-order chi connectivity index (χ0) is 18.5. The lowest BCUT2D eigenvalue weighted by molar-refractivity contribution is 0.0514. The maximum absolute atomic E-state index is 12.2. The highest BCUT2D eigenvalue weighted by Crippen LogP contribution is 2.13. The van der Waals surface area contributed by atoms with Gasteiger partial charge in [0.2, 0.25) is 0 Å². The van der Waals surface area contributed by atoms with Crippen molar-refractivity contribution in [3.05, 3.63) is 64.8 Å². The molecule has 1 N–H and O–H groups in total. The van der Waals surface area contributed by atoms with E-state index in [1.807, 2.05) is 0 Å². The van der Waals surface area contributed by atoms with Crippen LogP contribution in [0.5, 0.6) is 0 Å². The lowest BCUT2D eigenvalue weighted by atomic mass is 10.2. The van der Waals surface area contributed by atoms with E-state index < -0.39 is 5.97 Å². The van der Waals surface area contributed by atoms with Gasteiger partial charge in [0.05, 0.1) is 18.5 Å². The summed E-state index contributed by atoms with van der Waals surface area (Å²) in [5, 5.41) is 11.1. The number of carbonyl (C=O) groups is 2. The average molecular weight is 375 g/mol. The third-order valence-corrected chi connectivity index (χ3v) is 3.61. The molecule has 0 aliphatic rings. The summed E-state index contributed by atoms with van der Waals surface area (Å²) in [5.74, 6) is -0.379. The molecular weight excluding hydrogens is 360 g/mol. The van der Waals surface area contributed by atoms with Crippen LogP contribution in [0.25, 0.3) is 0 Å². The summed E-state index contributed by atoms with van der Waals surface area (Å²) in [6, 6.07) is 8.04. The number of ether oxygens (including phenoxy) is 1. The molecule has 134 valence electrons. The second-order valence-corrected chi connectivity index (χ2v) is 5.72. The number of aromatic nitrogens is 3. The summed E-state index contributed by atoms with van der Waals surface area (Å²) < 4.78 is 11.5. The van der Waals surface area contributed by atoms with Crippen molar-refractivity contribution < 1.29 is 18.8 Å². The molecule has 1 amide bonds. The van der Waals surface area contributed by atoms with E-state index in [4.69, 9.17) is 20.9 Å². The summed E-state index contributed by atoms with van der Waals surface area (Å²) in [5.41, 5.74) is 1.11. The highest BCUT2D eigenvalue weighted by atomic mass is 35.5. The summed E-state index contributed by atoms with van der Waals surface area (Å²) in [4.78, 5) is 23.7. The number of esters is 1. The van der Waals surface area contributed by atoms with Crippen molar-refractivity contribution in [3.8, 4) is 0 Å². The number of nitrogens with zero attached hydrogens (tertiary/aromatic N) is 3. The first-order valence-electron chi connectivity index (χ1n) is 7.77. The topological polar surface area (TPSA) is 99.2 Å². The summed E-state index contributed by atoms with van der Waals surface area (Å²) >= 11 is 5.81. The van der Waals surface area contributed by atoms with Crippen molar-refractivity contribution in [1.82, 2.24) is 14.9 Å². The molecule has 0 atom stereocenters. The molecule has 0 bridgehead atoms. The zero-order valence-corrected chi connectivity index (χ0v) is 14.6. The Balaban J connectivity index is 1.62. The second-order valence-electron chi connectivity index (χ2n) is 5.29. The highest BCUT2D eigenvalue weighted by molar-refractivity contribution is 6.30. The van der Waals surface area contributed by atoms with E-state index in [0.29, 0.717) is 22.0 Å². The standard InChI is InChI=1S/C17H15ClN4O4/c1-2-25-17(24)15-7-14(26-21-15)10-22-9-13(8-19-22)20-16(23)11-3-5-12(18)6-4-11/h3-9H,2,10H2,1H3,(H,20,23). The Labute approximate surface area is 153 Å². The van der Waals surface area contributed by atoms with Crippen molar-refractivity contribution in [1.29, 1.82) is 0 Å². The number of carbonyl (C=O) groups excluding carboxylic acids is 2. The van der Waals surface area contributed by atoms with Gasteiger partial charge in [-0.2, -0.15) is 5.10 Å². The summed E-state index contributed by atoms with van der Waals surface area (Å²) in [7, 11) is 0. The molecule has 0 spiro atoms. The zero-order valence-electron chi connectivity index (χ0n) is 13.8. The Morgan fingerprint density at radius 1 is 1.31 bits per heavy atom. The average Bonchev–Trinajstić information content (AvgIpc) is 3.26. The van der Waals surface area contributed by atoms with E-state index in [2.05, 4.69) is 15.6 Å². The molecule has 0 aliphatic heterocycles. The van der Waals surface area contributed by atoms with Crippen LogP contribution in [0.3, 0.4) is 0 Å². The van der Waals surface area contributed by atoms with E-state index in [9.17, 15) is 9.59 Å². The maximum Gasteiger partial charge on any atom is 0.360 e. The van der Waals surface area contributed by atoms with Gasteiger partial charge in [0.15, 0.2) is 11.5 Å². The lowest BCUT2D eigenvalue weighted by Crippen LogP contribution is -2.11. The van der Waals surface area contributed by atoms with Crippen LogP contribution in [0, 0.1) is 0 Å². The minimum Gasteiger partial charge on any atom is -0.461 e. The molecule has 0 saturated heterocycles. The van der Waals surface area contributed by atoms with Gasteiger partial charge in [-0.1, -0.05) is 16.8 Å². The number of nitrogens with one attached hydrogen (secondary N) is 1. The first-order valence-corrected chi connectivity index (χ1v) is 8.15. The van der Waals surface area contributed by atoms with Crippen LogP contribution < -0.4 is 5.32 Å². The fourth-order valence-electron chi connectivity index (χ4n) is 2.17. The van der Waals surface area contributed by atoms with Crippen molar-refractivity contribution in [2.75, 3.05) is 11.9 Å². The van der Waals surface area contributed by atoms with Gasteiger partial charge < -0.3 is 14.6 Å². The van der Waals surface area contributed by atoms with Gasteiger partial charge in [0.25, 0.3) is 5.91 Å². The van der Waals surface area contributed by atoms with Gasteiger partial charge in [0.1, 0.15) is 6.54 Å². The van der Waals surface area contributed by atoms with Crippen molar-refractivity contribution >= 4 is 29.2 Å². The first kappa shape index (κ1) is 17.7. The molecule has 3 rings (SSSR count). The summed E-state index contributed by atoms with van der Waals surface area (Å²) in [6.45, 7) is 2.22. The van der Waals surface area contributed by atoms with E-state index in [1.165, 1.54) is 12.3 Å². The first-order chi connectivity index (χ1) is 12.5. The van der Waals surface area contributed by atoms with Gasteiger partial charge in [-0.25, -0.2) is 4.79 Å². The number of rotatable bonds is 6. The molecular formula is C17H15ClN4O4. The monoisotopic (exact) mass is 374 g/mol. The van der Waals surface area contributed by atoms with Crippen LogP contribution in [-0.4, -0.2) is 33.4 Å². The third-order valence-electron chi connectivity index (χ3n) is 3.36. The van der Waals surface area contributed by atoms with Crippen molar-refractivity contribution in [2.24, 2.45) is 0 Å². The SMILES string of the molecule is CCOC(=O)c1cc(Cn2cc(NC(=O)c3ccc(Cl)cc3)cn2)on1. The number of benzene rings is 1. The van der Waals surface area contributed by atoms with E-state index >= 15 is 0 Å². The normalized spacial score (nSPS) is 10.5. The molecule has 0 aliphatic carbocycles.